The molecule has 0 aliphatic heterocycles. The molecule has 0 fully saturated rings. The van der Waals surface area contributed by atoms with E-state index in [2.05, 4.69) is 31.3 Å². The van der Waals surface area contributed by atoms with Crippen LogP contribution in [0.4, 0.5) is 0 Å². The van der Waals surface area contributed by atoms with Crippen molar-refractivity contribution in [2.45, 2.75) is 270 Å². The summed E-state index contributed by atoms with van der Waals surface area (Å²) < 4.78 is 5.44. The molecule has 0 bridgehead atoms. The Bertz CT molecular complexity index is 874. The van der Waals surface area contributed by atoms with Crippen molar-refractivity contribution < 1.29 is 24.5 Å². The minimum atomic E-state index is -0.860. The number of hydrogen-bond donors (Lipinski definition) is 3. The lowest BCUT2D eigenvalue weighted by Gasteiger charge is -2.20. The molecule has 0 spiro atoms. The van der Waals surface area contributed by atoms with Gasteiger partial charge >= 0.3 is 5.97 Å². The second kappa shape index (κ2) is 46.0. The average molecular weight is 790 g/mol. The molecule has 0 saturated heterocycles. The molecule has 6 heteroatoms. The van der Waals surface area contributed by atoms with E-state index in [1.165, 1.54) is 148 Å². The number of aliphatic hydroxyl groups excluding tert-OH is 2. The maximum Gasteiger partial charge on any atom is 0.305 e. The molecule has 1 amide bonds. The predicted octanol–water partition coefficient (Wildman–Crippen LogP) is 14.3. The summed E-state index contributed by atoms with van der Waals surface area (Å²) in [5, 5.41) is 22.9. The van der Waals surface area contributed by atoms with Gasteiger partial charge < -0.3 is 20.3 Å². The molecular weight excluding hydrogens is 695 g/mol. The van der Waals surface area contributed by atoms with Crippen molar-refractivity contribution in [3.8, 4) is 0 Å². The van der Waals surface area contributed by atoms with E-state index in [9.17, 15) is 19.8 Å². The summed E-state index contributed by atoms with van der Waals surface area (Å²) in [6.45, 7) is 4.81. The van der Waals surface area contributed by atoms with E-state index in [1.807, 2.05) is 6.08 Å². The minimum Gasteiger partial charge on any atom is -0.466 e. The van der Waals surface area contributed by atoms with E-state index >= 15 is 0 Å². The van der Waals surface area contributed by atoms with Crippen molar-refractivity contribution in [2.24, 2.45) is 0 Å². The summed E-state index contributed by atoms with van der Waals surface area (Å²) >= 11 is 0. The van der Waals surface area contributed by atoms with Gasteiger partial charge in [0.05, 0.1) is 25.4 Å². The highest BCUT2D eigenvalue weighted by Crippen LogP contribution is 2.15. The largest absolute Gasteiger partial charge is 0.466 e. The zero-order valence-electron chi connectivity index (χ0n) is 37.4. The quantitative estimate of drug-likeness (QED) is 0.0324. The highest BCUT2D eigenvalue weighted by atomic mass is 16.5. The van der Waals surface area contributed by atoms with Crippen LogP contribution in [0, 0.1) is 0 Å². The third-order valence-corrected chi connectivity index (χ3v) is 11.2. The number of carbonyl (C=O) groups excluding carboxylic acids is 2. The van der Waals surface area contributed by atoms with Gasteiger partial charge in [-0.2, -0.15) is 0 Å². The number of ether oxygens (including phenoxy) is 1. The van der Waals surface area contributed by atoms with Crippen molar-refractivity contribution in [1.82, 2.24) is 5.32 Å². The van der Waals surface area contributed by atoms with E-state index in [4.69, 9.17) is 4.74 Å². The number of rotatable bonds is 45. The maximum atomic E-state index is 12.4. The monoisotopic (exact) mass is 790 g/mol. The third-order valence-electron chi connectivity index (χ3n) is 11.2. The van der Waals surface area contributed by atoms with Crippen LogP contribution in [-0.4, -0.2) is 47.4 Å². The lowest BCUT2D eigenvalue weighted by Crippen LogP contribution is -2.45. The summed E-state index contributed by atoms with van der Waals surface area (Å²) in [4.78, 5) is 24.4. The van der Waals surface area contributed by atoms with Crippen LogP contribution >= 0.6 is 0 Å². The van der Waals surface area contributed by atoms with E-state index in [-0.39, 0.29) is 18.5 Å². The van der Waals surface area contributed by atoms with Crippen molar-refractivity contribution >= 4 is 11.9 Å². The fourth-order valence-corrected chi connectivity index (χ4v) is 7.39. The third kappa shape index (κ3) is 42.0. The second-order valence-corrected chi connectivity index (χ2v) is 16.8. The number of esters is 1. The molecule has 0 aliphatic carbocycles. The first-order valence-electron chi connectivity index (χ1n) is 24.6. The normalized spacial score (nSPS) is 12.9. The average Bonchev–Trinajstić information content (AvgIpc) is 3.20. The summed E-state index contributed by atoms with van der Waals surface area (Å²) in [7, 11) is 0. The van der Waals surface area contributed by atoms with E-state index in [0.717, 1.165) is 83.5 Å². The van der Waals surface area contributed by atoms with E-state index < -0.39 is 12.1 Å². The Labute approximate surface area is 348 Å². The van der Waals surface area contributed by atoms with Crippen molar-refractivity contribution in [1.29, 1.82) is 0 Å². The molecule has 2 unspecified atom stereocenters. The molecule has 0 rings (SSSR count). The highest BCUT2D eigenvalue weighted by molar-refractivity contribution is 5.76. The van der Waals surface area contributed by atoms with E-state index in [1.54, 1.807) is 6.08 Å². The van der Waals surface area contributed by atoms with Gasteiger partial charge in [0.25, 0.3) is 0 Å². The number of nitrogens with one attached hydrogen (secondary N) is 1. The predicted molar refractivity (Wildman–Crippen MR) is 241 cm³/mol. The maximum absolute atomic E-state index is 12.4. The Morgan fingerprint density at radius 2 is 0.839 bits per heavy atom. The zero-order valence-corrected chi connectivity index (χ0v) is 37.4. The van der Waals surface area contributed by atoms with Gasteiger partial charge in [-0.3, -0.25) is 9.59 Å². The second-order valence-electron chi connectivity index (χ2n) is 16.8. The molecule has 0 aliphatic rings. The molecule has 0 radical (unpaired) electrons. The Balaban J connectivity index is 3.51. The first-order chi connectivity index (χ1) is 27.5. The number of allylic oxidation sites excluding steroid dienone is 3. The Kier molecular flexibility index (Phi) is 44.7. The standard InChI is InChI=1S/C50H95NO5/c1-3-5-7-9-11-13-15-16-17-18-19-20-24-28-32-36-40-44-50(55)56-45-41-37-33-29-25-21-23-27-31-35-39-43-49(54)51-47(46-52)48(53)42-38-34-30-26-22-14-12-10-8-6-4-2/h25,29,38,42,47-48,52-53H,3-24,26-28,30-37,39-41,43-46H2,1-2H3,(H,51,54)/b29-25-,42-38+. The summed E-state index contributed by atoms with van der Waals surface area (Å²) in [6.07, 6.45) is 53.2. The summed E-state index contributed by atoms with van der Waals surface area (Å²) in [5.41, 5.74) is 0. The van der Waals surface area contributed by atoms with Crippen LogP contribution in [-0.2, 0) is 14.3 Å². The molecule has 0 aromatic rings. The number of amides is 1. The van der Waals surface area contributed by atoms with Crippen LogP contribution in [0.3, 0.4) is 0 Å². The van der Waals surface area contributed by atoms with Crippen LogP contribution in [0.2, 0.25) is 0 Å². The molecule has 0 aromatic heterocycles. The van der Waals surface area contributed by atoms with Gasteiger partial charge in [0, 0.05) is 12.8 Å². The summed E-state index contributed by atoms with van der Waals surface area (Å²) in [6, 6.07) is -0.646. The minimum absolute atomic E-state index is 0.0299. The molecule has 330 valence electrons. The van der Waals surface area contributed by atoms with Crippen molar-refractivity contribution in [2.75, 3.05) is 13.2 Å². The zero-order chi connectivity index (χ0) is 40.8. The Morgan fingerprint density at radius 3 is 1.27 bits per heavy atom. The topological polar surface area (TPSA) is 95.9 Å². The molecule has 0 heterocycles. The van der Waals surface area contributed by atoms with Gasteiger partial charge in [-0.15, -0.1) is 0 Å². The molecule has 6 nitrogen and oxygen atoms in total. The molecule has 56 heavy (non-hydrogen) atoms. The van der Waals surface area contributed by atoms with Gasteiger partial charge in [0.1, 0.15) is 0 Å². The lowest BCUT2D eigenvalue weighted by atomic mass is 10.0. The van der Waals surface area contributed by atoms with Crippen LogP contribution in [0.5, 0.6) is 0 Å². The van der Waals surface area contributed by atoms with Crippen LogP contribution in [0.25, 0.3) is 0 Å². The van der Waals surface area contributed by atoms with Crippen LogP contribution in [0.15, 0.2) is 24.3 Å². The number of unbranched alkanes of at least 4 members (excludes halogenated alkanes) is 32. The van der Waals surface area contributed by atoms with Crippen molar-refractivity contribution in [3.05, 3.63) is 24.3 Å². The van der Waals surface area contributed by atoms with Crippen LogP contribution in [0.1, 0.15) is 258 Å². The van der Waals surface area contributed by atoms with Gasteiger partial charge in [-0.1, -0.05) is 212 Å². The highest BCUT2D eigenvalue weighted by Gasteiger charge is 2.18. The summed E-state index contributed by atoms with van der Waals surface area (Å²) in [5.74, 6) is -0.128. The van der Waals surface area contributed by atoms with Gasteiger partial charge in [-0.05, 0) is 57.8 Å². The molecule has 3 N–H and O–H groups in total. The SMILES string of the molecule is CCCCCCCCCCC/C=C/C(O)C(CO)NC(=O)CCCCCCC/C=C\CCCCOC(=O)CCCCCCCCCCCCCCCCCCC. The molecular formula is C50H95NO5. The first kappa shape index (κ1) is 54.3. The first-order valence-corrected chi connectivity index (χ1v) is 24.6. The van der Waals surface area contributed by atoms with E-state index in [0.29, 0.717) is 19.4 Å². The molecule has 0 saturated carbocycles. The lowest BCUT2D eigenvalue weighted by molar-refractivity contribution is -0.143. The number of hydrogen-bond acceptors (Lipinski definition) is 5. The Hall–Kier alpha value is -1.66. The van der Waals surface area contributed by atoms with Gasteiger partial charge in [-0.25, -0.2) is 0 Å². The molecule has 0 aromatic carbocycles. The fourth-order valence-electron chi connectivity index (χ4n) is 7.39. The molecule has 2 atom stereocenters. The smallest absolute Gasteiger partial charge is 0.305 e. The fraction of sp³-hybridized carbons (Fsp3) is 0.880. The van der Waals surface area contributed by atoms with Gasteiger partial charge in [0.15, 0.2) is 0 Å². The van der Waals surface area contributed by atoms with Crippen molar-refractivity contribution in [3.63, 3.8) is 0 Å². The van der Waals surface area contributed by atoms with Crippen LogP contribution < -0.4 is 5.32 Å². The Morgan fingerprint density at radius 1 is 0.482 bits per heavy atom. The number of carbonyl (C=O) groups is 2. The van der Waals surface area contributed by atoms with Gasteiger partial charge in [0.2, 0.25) is 5.91 Å². The number of aliphatic hydroxyl groups is 2.